The standard InChI is InChI=1S/C28H35N3O2S/c1-4-31-27(6-5-17-29-26-12-7-22(2)8-13-26)21-25-20-24(11-14-28(25)31)10-9-23-15-18-30(19-16-23)34(3,32)33/h7-8,11-14,20-21,23,29H,4,9-10,15-19H2,1-3H3. The van der Waals surface area contributed by atoms with Crippen molar-refractivity contribution >= 4 is 26.6 Å². The first-order valence-corrected chi connectivity index (χ1v) is 14.0. The summed E-state index contributed by atoms with van der Waals surface area (Å²) < 4.78 is 27.3. The van der Waals surface area contributed by atoms with Crippen molar-refractivity contribution in [2.24, 2.45) is 5.92 Å². The van der Waals surface area contributed by atoms with Gasteiger partial charge in [-0.2, -0.15) is 0 Å². The van der Waals surface area contributed by atoms with Crippen LogP contribution in [0.25, 0.3) is 10.9 Å². The van der Waals surface area contributed by atoms with Gasteiger partial charge in [0.15, 0.2) is 0 Å². The summed E-state index contributed by atoms with van der Waals surface area (Å²) in [5, 5.41) is 4.60. The minimum absolute atomic E-state index is 0.594. The number of benzene rings is 2. The second-order valence-electron chi connectivity index (χ2n) is 9.33. The molecule has 1 aliphatic rings. The Hall–Kier alpha value is -2.75. The van der Waals surface area contributed by atoms with Crippen LogP contribution >= 0.6 is 0 Å². The third-order valence-corrected chi connectivity index (χ3v) is 8.12. The van der Waals surface area contributed by atoms with Gasteiger partial charge < -0.3 is 9.88 Å². The molecule has 0 spiro atoms. The molecular formula is C28H35N3O2S. The maximum Gasteiger partial charge on any atom is 0.211 e. The van der Waals surface area contributed by atoms with E-state index < -0.39 is 10.0 Å². The second-order valence-corrected chi connectivity index (χ2v) is 11.3. The Bertz CT molecular complexity index is 1290. The molecule has 1 saturated heterocycles. The van der Waals surface area contributed by atoms with E-state index in [0.717, 1.165) is 43.6 Å². The van der Waals surface area contributed by atoms with Crippen LogP contribution in [-0.2, 0) is 23.0 Å². The Kier molecular flexibility index (Phi) is 7.65. The smallest absolute Gasteiger partial charge is 0.211 e. The van der Waals surface area contributed by atoms with Crippen LogP contribution < -0.4 is 5.32 Å². The second kappa shape index (κ2) is 10.7. The first kappa shape index (κ1) is 24.4. The molecule has 3 aromatic rings. The van der Waals surface area contributed by atoms with Crippen molar-refractivity contribution in [3.05, 3.63) is 65.4 Å². The maximum atomic E-state index is 11.7. The van der Waals surface area contributed by atoms with Gasteiger partial charge in [-0.25, -0.2) is 12.7 Å². The third kappa shape index (κ3) is 6.02. The third-order valence-electron chi connectivity index (χ3n) is 6.81. The highest BCUT2D eigenvalue weighted by atomic mass is 32.2. The molecule has 0 radical (unpaired) electrons. The Morgan fingerprint density at radius 1 is 1.06 bits per heavy atom. The van der Waals surface area contributed by atoms with E-state index in [1.807, 2.05) is 0 Å². The molecule has 180 valence electrons. The first-order chi connectivity index (χ1) is 16.3. The number of sulfonamides is 1. The quantitative estimate of drug-likeness (QED) is 0.485. The Balaban J connectivity index is 1.38. The van der Waals surface area contributed by atoms with Crippen molar-refractivity contribution in [2.45, 2.75) is 46.1 Å². The van der Waals surface area contributed by atoms with E-state index in [4.69, 9.17) is 0 Å². The SMILES string of the molecule is CCn1c(C#CCNc2ccc(C)cc2)cc2cc(CCC3CCN(S(C)(=O)=O)CC3)ccc21. The highest BCUT2D eigenvalue weighted by molar-refractivity contribution is 7.88. The zero-order chi connectivity index (χ0) is 24.1. The normalized spacial score (nSPS) is 15.3. The fourth-order valence-electron chi connectivity index (χ4n) is 4.77. The van der Waals surface area contributed by atoms with Crippen LogP contribution in [0.5, 0.6) is 0 Å². The molecule has 4 rings (SSSR count). The van der Waals surface area contributed by atoms with Gasteiger partial charge in [-0.1, -0.05) is 29.7 Å². The lowest BCUT2D eigenvalue weighted by molar-refractivity contribution is 0.265. The van der Waals surface area contributed by atoms with Crippen molar-refractivity contribution in [1.29, 1.82) is 0 Å². The predicted molar refractivity (Wildman–Crippen MR) is 142 cm³/mol. The van der Waals surface area contributed by atoms with Crippen LogP contribution in [0.3, 0.4) is 0 Å². The molecule has 2 heterocycles. The molecule has 1 N–H and O–H groups in total. The number of fused-ring (bicyclic) bond motifs is 1. The van der Waals surface area contributed by atoms with Crippen molar-refractivity contribution in [3.8, 4) is 11.8 Å². The molecule has 0 atom stereocenters. The van der Waals surface area contributed by atoms with Gasteiger partial charge in [0.25, 0.3) is 0 Å². The highest BCUT2D eigenvalue weighted by Crippen LogP contribution is 2.26. The summed E-state index contributed by atoms with van der Waals surface area (Å²) in [4.78, 5) is 0. The molecule has 1 aromatic heterocycles. The summed E-state index contributed by atoms with van der Waals surface area (Å²) in [6.07, 6.45) is 5.35. The van der Waals surface area contributed by atoms with Crippen LogP contribution in [0.1, 0.15) is 43.0 Å². The molecular weight excluding hydrogens is 442 g/mol. The first-order valence-electron chi connectivity index (χ1n) is 12.2. The predicted octanol–water partition coefficient (Wildman–Crippen LogP) is 5.04. The number of nitrogens with one attached hydrogen (secondary N) is 1. The summed E-state index contributed by atoms with van der Waals surface area (Å²) in [6, 6.07) is 17.3. The monoisotopic (exact) mass is 477 g/mol. The van der Waals surface area contributed by atoms with Gasteiger partial charge in [-0.15, -0.1) is 0 Å². The minimum Gasteiger partial charge on any atom is -0.374 e. The summed E-state index contributed by atoms with van der Waals surface area (Å²) in [5.41, 5.74) is 5.95. The van der Waals surface area contributed by atoms with Gasteiger partial charge >= 0.3 is 0 Å². The highest BCUT2D eigenvalue weighted by Gasteiger charge is 2.24. The number of hydrogen-bond acceptors (Lipinski definition) is 3. The molecule has 2 aromatic carbocycles. The van der Waals surface area contributed by atoms with Crippen LogP contribution in [0.2, 0.25) is 0 Å². The van der Waals surface area contributed by atoms with E-state index >= 15 is 0 Å². The van der Waals surface area contributed by atoms with Crippen LogP contribution in [-0.4, -0.2) is 43.2 Å². The molecule has 5 nitrogen and oxygen atoms in total. The zero-order valence-electron chi connectivity index (χ0n) is 20.5. The van der Waals surface area contributed by atoms with E-state index in [2.05, 4.69) is 84.1 Å². The van der Waals surface area contributed by atoms with Crippen LogP contribution in [0.4, 0.5) is 5.69 Å². The van der Waals surface area contributed by atoms with Gasteiger partial charge in [-0.3, -0.25) is 0 Å². The zero-order valence-corrected chi connectivity index (χ0v) is 21.3. The summed E-state index contributed by atoms with van der Waals surface area (Å²) in [5.74, 6) is 7.21. The topological polar surface area (TPSA) is 54.3 Å². The van der Waals surface area contributed by atoms with Crippen LogP contribution in [0, 0.1) is 24.7 Å². The van der Waals surface area contributed by atoms with Crippen molar-refractivity contribution in [3.63, 3.8) is 0 Å². The number of aryl methyl sites for hydroxylation is 3. The fourth-order valence-corrected chi connectivity index (χ4v) is 5.65. The van der Waals surface area contributed by atoms with E-state index in [-0.39, 0.29) is 0 Å². The van der Waals surface area contributed by atoms with E-state index in [0.29, 0.717) is 25.6 Å². The molecule has 0 unspecified atom stereocenters. The maximum absolute atomic E-state index is 11.7. The lowest BCUT2D eigenvalue weighted by Gasteiger charge is -2.30. The van der Waals surface area contributed by atoms with E-state index in [1.54, 1.807) is 4.31 Å². The summed E-state index contributed by atoms with van der Waals surface area (Å²) in [6.45, 7) is 7.05. The Morgan fingerprint density at radius 2 is 1.79 bits per heavy atom. The fraction of sp³-hybridized carbons (Fsp3) is 0.429. The summed E-state index contributed by atoms with van der Waals surface area (Å²) >= 11 is 0. The van der Waals surface area contributed by atoms with E-state index in [1.165, 1.54) is 28.3 Å². The van der Waals surface area contributed by atoms with Gasteiger partial charge in [0.2, 0.25) is 10.0 Å². The number of anilines is 1. The van der Waals surface area contributed by atoms with Gasteiger partial charge in [0.1, 0.15) is 0 Å². The molecule has 0 bridgehead atoms. The molecule has 0 saturated carbocycles. The number of piperidine rings is 1. The van der Waals surface area contributed by atoms with Crippen molar-refractivity contribution in [1.82, 2.24) is 8.87 Å². The average Bonchev–Trinajstić information content (AvgIpc) is 3.18. The average molecular weight is 478 g/mol. The lowest BCUT2D eigenvalue weighted by Crippen LogP contribution is -2.37. The molecule has 34 heavy (non-hydrogen) atoms. The number of rotatable bonds is 7. The van der Waals surface area contributed by atoms with Crippen LogP contribution in [0.15, 0.2) is 48.5 Å². The minimum atomic E-state index is -3.05. The molecule has 0 amide bonds. The van der Waals surface area contributed by atoms with Gasteiger partial charge in [0, 0.05) is 36.2 Å². The Morgan fingerprint density at radius 3 is 2.47 bits per heavy atom. The lowest BCUT2D eigenvalue weighted by atomic mass is 9.91. The van der Waals surface area contributed by atoms with Gasteiger partial charge in [-0.05, 0) is 87.3 Å². The van der Waals surface area contributed by atoms with Crippen molar-refractivity contribution in [2.75, 3.05) is 31.2 Å². The number of aromatic nitrogens is 1. The molecule has 6 heteroatoms. The molecule has 1 fully saturated rings. The van der Waals surface area contributed by atoms with Crippen molar-refractivity contribution < 1.29 is 8.42 Å². The molecule has 1 aliphatic heterocycles. The number of hydrogen-bond donors (Lipinski definition) is 1. The van der Waals surface area contributed by atoms with Gasteiger partial charge in [0.05, 0.1) is 18.5 Å². The summed E-state index contributed by atoms with van der Waals surface area (Å²) in [7, 11) is -3.05. The number of nitrogens with zero attached hydrogens (tertiary/aromatic N) is 2. The van der Waals surface area contributed by atoms with E-state index in [9.17, 15) is 8.42 Å². The largest absolute Gasteiger partial charge is 0.374 e. The Labute approximate surface area is 204 Å². The molecule has 0 aliphatic carbocycles.